The molecule has 0 spiro atoms. The maximum Gasteiger partial charge on any atom is 0.191 e. The van der Waals surface area contributed by atoms with Crippen LogP contribution in [0.5, 0.6) is 0 Å². The number of rotatable bonds is 5. The monoisotopic (exact) mass is 387 g/mol. The minimum Gasteiger partial charge on any atom is -0.381 e. The number of guanidine groups is 1. The van der Waals surface area contributed by atoms with E-state index >= 15 is 0 Å². The molecule has 0 aliphatic carbocycles. The Bertz CT molecular complexity index is 245. The molecular formula is C12H26IN3OS. The second kappa shape index (κ2) is 10.1. The molecule has 0 aromatic rings. The number of aliphatic imine (C=N–C) groups is 1. The van der Waals surface area contributed by atoms with Crippen molar-refractivity contribution in [3.8, 4) is 0 Å². The number of nitrogens with zero attached hydrogens (tertiary/aromatic N) is 1. The highest BCUT2D eigenvalue weighted by Crippen LogP contribution is 2.32. The van der Waals surface area contributed by atoms with Crippen molar-refractivity contribution in [2.24, 2.45) is 4.99 Å². The lowest BCUT2D eigenvalue weighted by molar-refractivity contribution is 0.0783. The summed E-state index contributed by atoms with van der Waals surface area (Å²) in [6, 6.07) is 0. The highest BCUT2D eigenvalue weighted by molar-refractivity contribution is 14.0. The Morgan fingerprint density at radius 1 is 1.33 bits per heavy atom. The Morgan fingerprint density at radius 3 is 2.50 bits per heavy atom. The number of nitrogens with one attached hydrogen (secondary N) is 2. The number of hydrogen-bond acceptors (Lipinski definition) is 3. The molecule has 0 radical (unpaired) electrons. The molecule has 0 bridgehead atoms. The maximum absolute atomic E-state index is 5.44. The van der Waals surface area contributed by atoms with Gasteiger partial charge in [-0.3, -0.25) is 4.99 Å². The predicted molar refractivity (Wildman–Crippen MR) is 91.4 cm³/mol. The molecule has 0 aromatic carbocycles. The zero-order valence-electron chi connectivity index (χ0n) is 11.6. The third-order valence-electron chi connectivity index (χ3n) is 3.18. The van der Waals surface area contributed by atoms with Crippen molar-refractivity contribution in [2.75, 3.05) is 39.6 Å². The molecule has 0 unspecified atom stereocenters. The van der Waals surface area contributed by atoms with Gasteiger partial charge in [-0.15, -0.1) is 24.0 Å². The third kappa shape index (κ3) is 5.97. The Morgan fingerprint density at radius 2 is 2.00 bits per heavy atom. The summed E-state index contributed by atoms with van der Waals surface area (Å²) in [6.07, 6.45) is 5.54. The Balaban J connectivity index is 0.00000289. The van der Waals surface area contributed by atoms with E-state index in [1.165, 1.54) is 0 Å². The van der Waals surface area contributed by atoms with Gasteiger partial charge in [0.05, 0.1) is 0 Å². The molecule has 108 valence electrons. The Labute approximate surface area is 132 Å². The van der Waals surface area contributed by atoms with E-state index in [2.05, 4.69) is 28.8 Å². The van der Waals surface area contributed by atoms with Gasteiger partial charge in [-0.25, -0.2) is 0 Å². The minimum atomic E-state index is 0. The van der Waals surface area contributed by atoms with Crippen molar-refractivity contribution in [2.45, 2.75) is 30.9 Å². The molecule has 1 aliphatic heterocycles. The van der Waals surface area contributed by atoms with Crippen molar-refractivity contribution >= 4 is 41.7 Å². The summed E-state index contributed by atoms with van der Waals surface area (Å²) >= 11 is 1.94. The fraction of sp³-hybridized carbons (Fsp3) is 0.917. The number of halogens is 1. The van der Waals surface area contributed by atoms with E-state index in [-0.39, 0.29) is 24.0 Å². The van der Waals surface area contributed by atoms with Crippen molar-refractivity contribution in [1.82, 2.24) is 10.6 Å². The van der Waals surface area contributed by atoms with Gasteiger partial charge in [-0.2, -0.15) is 11.8 Å². The molecule has 0 saturated carbocycles. The largest absolute Gasteiger partial charge is 0.381 e. The van der Waals surface area contributed by atoms with E-state index in [1.54, 1.807) is 0 Å². The number of thioether (sulfide) groups is 1. The summed E-state index contributed by atoms with van der Waals surface area (Å²) in [7, 11) is 1.82. The van der Waals surface area contributed by atoms with Gasteiger partial charge < -0.3 is 15.4 Å². The van der Waals surface area contributed by atoms with E-state index in [9.17, 15) is 0 Å². The zero-order chi connectivity index (χ0) is 12.6. The normalized spacial score (nSPS) is 18.9. The third-order valence-corrected chi connectivity index (χ3v) is 4.60. The van der Waals surface area contributed by atoms with Crippen LogP contribution in [0.4, 0.5) is 0 Å². The fourth-order valence-corrected chi connectivity index (χ4v) is 2.70. The summed E-state index contributed by atoms with van der Waals surface area (Å²) in [5.74, 6) is 0.909. The summed E-state index contributed by atoms with van der Waals surface area (Å²) in [5, 5.41) is 6.73. The van der Waals surface area contributed by atoms with E-state index in [0.717, 1.165) is 51.5 Å². The first-order chi connectivity index (χ1) is 8.26. The molecule has 2 N–H and O–H groups in total. The van der Waals surface area contributed by atoms with E-state index < -0.39 is 0 Å². The van der Waals surface area contributed by atoms with Gasteiger partial charge >= 0.3 is 0 Å². The van der Waals surface area contributed by atoms with Crippen LogP contribution >= 0.6 is 35.7 Å². The SMILES string of the molecule is CCCNC(=NC)NCC1(SC)CCOCC1.I. The molecule has 1 aliphatic rings. The molecule has 1 saturated heterocycles. The van der Waals surface area contributed by atoms with Crippen LogP contribution in [-0.2, 0) is 4.74 Å². The van der Waals surface area contributed by atoms with Crippen LogP contribution in [0, 0.1) is 0 Å². The predicted octanol–water partition coefficient (Wildman–Crippen LogP) is 2.09. The Kier molecular flexibility index (Phi) is 10.3. The van der Waals surface area contributed by atoms with Crippen LogP contribution in [0.25, 0.3) is 0 Å². The van der Waals surface area contributed by atoms with E-state index in [4.69, 9.17) is 4.74 Å². The van der Waals surface area contributed by atoms with Gasteiger partial charge in [0.25, 0.3) is 0 Å². The smallest absolute Gasteiger partial charge is 0.191 e. The lowest BCUT2D eigenvalue weighted by Gasteiger charge is -2.36. The van der Waals surface area contributed by atoms with Crippen LogP contribution < -0.4 is 10.6 Å². The summed E-state index contributed by atoms with van der Waals surface area (Å²) in [5.41, 5.74) is 0. The van der Waals surface area contributed by atoms with Crippen LogP contribution in [0.2, 0.25) is 0 Å². The molecule has 6 heteroatoms. The van der Waals surface area contributed by atoms with Crippen LogP contribution in [0.3, 0.4) is 0 Å². The second-order valence-corrected chi connectivity index (χ2v) is 5.63. The van der Waals surface area contributed by atoms with Crippen molar-refractivity contribution in [3.05, 3.63) is 0 Å². The summed E-state index contributed by atoms with van der Waals surface area (Å²) in [6.45, 7) is 5.84. The first-order valence-corrected chi connectivity index (χ1v) is 7.56. The molecule has 18 heavy (non-hydrogen) atoms. The van der Waals surface area contributed by atoms with Gasteiger partial charge in [0, 0.05) is 38.1 Å². The van der Waals surface area contributed by atoms with Gasteiger partial charge in [0.1, 0.15) is 0 Å². The average Bonchev–Trinajstić information content (AvgIpc) is 2.40. The number of ether oxygens (including phenoxy) is 1. The summed E-state index contributed by atoms with van der Waals surface area (Å²) < 4.78 is 5.75. The first-order valence-electron chi connectivity index (χ1n) is 6.34. The summed E-state index contributed by atoms with van der Waals surface area (Å²) in [4.78, 5) is 4.23. The zero-order valence-corrected chi connectivity index (χ0v) is 14.8. The van der Waals surface area contributed by atoms with Gasteiger partial charge in [0.15, 0.2) is 5.96 Å². The fourth-order valence-electron chi connectivity index (χ4n) is 1.91. The molecule has 1 rings (SSSR count). The molecule has 4 nitrogen and oxygen atoms in total. The van der Waals surface area contributed by atoms with E-state index in [1.807, 2.05) is 18.8 Å². The van der Waals surface area contributed by atoms with Crippen LogP contribution in [0.1, 0.15) is 26.2 Å². The maximum atomic E-state index is 5.44. The van der Waals surface area contributed by atoms with Crippen LogP contribution in [-0.4, -0.2) is 50.3 Å². The lowest BCUT2D eigenvalue weighted by Crippen LogP contribution is -2.48. The van der Waals surface area contributed by atoms with Gasteiger partial charge in [-0.05, 0) is 25.5 Å². The molecule has 1 heterocycles. The highest BCUT2D eigenvalue weighted by Gasteiger charge is 2.31. The van der Waals surface area contributed by atoms with Crippen molar-refractivity contribution in [3.63, 3.8) is 0 Å². The molecule has 1 fully saturated rings. The quantitative estimate of drug-likeness (QED) is 0.431. The highest BCUT2D eigenvalue weighted by atomic mass is 127. The van der Waals surface area contributed by atoms with Crippen molar-refractivity contribution in [1.29, 1.82) is 0 Å². The standard InChI is InChI=1S/C12H25N3OS.HI/c1-4-7-14-11(13-2)15-10-12(17-3)5-8-16-9-6-12;/h4-10H2,1-3H3,(H2,13,14,15);1H. The van der Waals surface area contributed by atoms with Crippen molar-refractivity contribution < 1.29 is 4.74 Å². The molecule has 0 amide bonds. The molecule has 0 atom stereocenters. The van der Waals surface area contributed by atoms with Gasteiger partial charge in [-0.1, -0.05) is 6.92 Å². The lowest BCUT2D eigenvalue weighted by atomic mass is 9.99. The Hall–Kier alpha value is 0.310. The topological polar surface area (TPSA) is 45.7 Å². The average molecular weight is 387 g/mol. The van der Waals surface area contributed by atoms with E-state index in [0.29, 0.717) is 4.75 Å². The van der Waals surface area contributed by atoms with Crippen LogP contribution in [0.15, 0.2) is 4.99 Å². The second-order valence-electron chi connectivity index (χ2n) is 4.35. The van der Waals surface area contributed by atoms with Gasteiger partial charge in [0.2, 0.25) is 0 Å². The minimum absolute atomic E-state index is 0. The first kappa shape index (κ1) is 18.3. The number of hydrogen-bond donors (Lipinski definition) is 2. The molecular weight excluding hydrogens is 361 g/mol. The molecule has 0 aromatic heterocycles.